The van der Waals surface area contributed by atoms with Crippen LogP contribution in [0.15, 0.2) is 48.5 Å². The topological polar surface area (TPSA) is 70.1 Å². The number of amides is 1. The predicted octanol–water partition coefficient (Wildman–Crippen LogP) is 5.32. The van der Waals surface area contributed by atoms with Crippen LogP contribution in [0.3, 0.4) is 0 Å². The van der Waals surface area contributed by atoms with Gasteiger partial charge in [-0.3, -0.25) is 4.79 Å². The van der Waals surface area contributed by atoms with Gasteiger partial charge in [-0.1, -0.05) is 44.2 Å². The van der Waals surface area contributed by atoms with Crippen molar-refractivity contribution in [2.45, 2.75) is 65.5 Å². The highest BCUT2D eigenvalue weighted by atomic mass is 16.5. The minimum absolute atomic E-state index is 0.0660. The van der Waals surface area contributed by atoms with E-state index in [1.807, 2.05) is 30.0 Å². The molecule has 1 fully saturated rings. The molecule has 0 saturated carbocycles. The number of ether oxygens (including phenoxy) is 1. The summed E-state index contributed by atoms with van der Waals surface area (Å²) in [7, 11) is 0. The van der Waals surface area contributed by atoms with E-state index in [0.29, 0.717) is 31.3 Å². The number of carboxylic acid groups (broad SMARTS) is 1. The second-order valence-corrected chi connectivity index (χ2v) is 9.95. The highest BCUT2D eigenvalue weighted by Gasteiger charge is 2.31. The summed E-state index contributed by atoms with van der Waals surface area (Å²) in [5.41, 5.74) is 2.09. The van der Waals surface area contributed by atoms with Gasteiger partial charge in [-0.2, -0.15) is 0 Å². The van der Waals surface area contributed by atoms with E-state index in [0.717, 1.165) is 30.6 Å². The van der Waals surface area contributed by atoms with E-state index in [1.165, 1.54) is 19.4 Å². The van der Waals surface area contributed by atoms with Crippen molar-refractivity contribution in [3.05, 3.63) is 59.7 Å². The van der Waals surface area contributed by atoms with Gasteiger partial charge in [-0.05, 0) is 62.8 Å². The zero-order chi connectivity index (χ0) is 24.9. The molecule has 1 aliphatic heterocycles. The van der Waals surface area contributed by atoms with Gasteiger partial charge in [-0.15, -0.1) is 0 Å². The van der Waals surface area contributed by atoms with Crippen LogP contribution in [0, 0.1) is 5.92 Å². The number of piperidine rings is 1. The number of carbonyl (C=O) groups excluding carboxylic acids is 1. The summed E-state index contributed by atoms with van der Waals surface area (Å²) < 4.78 is 5.71. The van der Waals surface area contributed by atoms with E-state index in [2.05, 4.69) is 43.0 Å². The van der Waals surface area contributed by atoms with Gasteiger partial charge in [0, 0.05) is 37.9 Å². The molecule has 1 N–H and O–H groups in total. The van der Waals surface area contributed by atoms with Gasteiger partial charge >= 0.3 is 5.97 Å². The van der Waals surface area contributed by atoms with Crippen molar-refractivity contribution in [1.82, 2.24) is 4.90 Å². The molecule has 3 rings (SSSR count). The number of anilines is 1. The Morgan fingerprint density at radius 3 is 2.50 bits per heavy atom. The average Bonchev–Trinajstić information content (AvgIpc) is 2.82. The first kappa shape index (κ1) is 25.6. The van der Waals surface area contributed by atoms with Crippen molar-refractivity contribution in [2.75, 3.05) is 24.5 Å². The third-order valence-electron chi connectivity index (χ3n) is 6.55. The lowest BCUT2D eigenvalue weighted by Gasteiger charge is -2.36. The number of benzene rings is 2. The van der Waals surface area contributed by atoms with Gasteiger partial charge in [0.25, 0.3) is 0 Å². The minimum Gasteiger partial charge on any atom is -0.478 e. The van der Waals surface area contributed by atoms with Crippen molar-refractivity contribution < 1.29 is 19.4 Å². The fourth-order valence-corrected chi connectivity index (χ4v) is 4.33. The molecule has 2 aromatic carbocycles. The van der Waals surface area contributed by atoms with Crippen LogP contribution < -0.4 is 9.64 Å². The van der Waals surface area contributed by atoms with Gasteiger partial charge in [0.1, 0.15) is 5.75 Å². The van der Waals surface area contributed by atoms with Crippen LogP contribution in [-0.2, 0) is 16.1 Å². The maximum absolute atomic E-state index is 13.4. The summed E-state index contributed by atoms with van der Waals surface area (Å²) in [6.45, 7) is 12.3. The normalized spacial score (nSPS) is 16.4. The first-order chi connectivity index (χ1) is 16.1. The molecular formula is C28H38N2O4. The average molecular weight is 467 g/mol. The molecule has 1 heterocycles. The molecule has 1 amide bonds. The van der Waals surface area contributed by atoms with Crippen LogP contribution in [0.5, 0.6) is 5.75 Å². The molecule has 0 bridgehead atoms. The quantitative estimate of drug-likeness (QED) is 0.542. The van der Waals surface area contributed by atoms with Crippen molar-refractivity contribution in [3.8, 4) is 5.75 Å². The minimum atomic E-state index is -1.31. The lowest BCUT2D eigenvalue weighted by atomic mass is 9.95. The number of aliphatic carboxylic acids is 1. The summed E-state index contributed by atoms with van der Waals surface area (Å²) in [5, 5.41) is 9.36. The number of nitrogens with zero attached hydrogens (tertiary/aromatic N) is 2. The maximum Gasteiger partial charge on any atom is 0.347 e. The van der Waals surface area contributed by atoms with E-state index in [4.69, 9.17) is 4.74 Å². The van der Waals surface area contributed by atoms with E-state index in [-0.39, 0.29) is 11.8 Å². The molecule has 184 valence electrons. The molecule has 1 atom stereocenters. The largest absolute Gasteiger partial charge is 0.478 e. The van der Waals surface area contributed by atoms with Crippen molar-refractivity contribution in [1.29, 1.82) is 0 Å². The van der Waals surface area contributed by atoms with Crippen molar-refractivity contribution >= 4 is 17.6 Å². The van der Waals surface area contributed by atoms with E-state index in [9.17, 15) is 14.7 Å². The number of carboxylic acids is 1. The Bertz CT molecular complexity index is 984. The summed E-state index contributed by atoms with van der Waals surface area (Å²) in [6, 6.07) is 16.1. The molecule has 6 heteroatoms. The monoisotopic (exact) mass is 466 g/mol. The molecule has 0 radical (unpaired) electrons. The first-order valence-corrected chi connectivity index (χ1v) is 12.3. The van der Waals surface area contributed by atoms with E-state index in [1.54, 1.807) is 6.07 Å². The fraction of sp³-hybridized carbons (Fsp3) is 0.500. The number of hydrogen-bond acceptors (Lipinski definition) is 4. The highest BCUT2D eigenvalue weighted by Crippen LogP contribution is 2.29. The number of hydrogen-bond donors (Lipinski definition) is 1. The molecule has 1 aliphatic rings. The van der Waals surface area contributed by atoms with Gasteiger partial charge in [0.2, 0.25) is 5.91 Å². The van der Waals surface area contributed by atoms with Gasteiger partial charge in [0.15, 0.2) is 5.60 Å². The Balaban J connectivity index is 1.68. The SMILES string of the molecule is CCN(Cc1ccc(C(C)C)cc1)C(=O)[C@H]1CCCN(c2cccc(OC(C)(C)C(=O)O)c2)C1. The molecule has 1 saturated heterocycles. The predicted molar refractivity (Wildman–Crippen MR) is 135 cm³/mol. The van der Waals surface area contributed by atoms with Gasteiger partial charge in [-0.25, -0.2) is 4.79 Å². The Labute approximate surface area is 203 Å². The Kier molecular flexibility index (Phi) is 8.24. The molecule has 0 aliphatic carbocycles. The van der Waals surface area contributed by atoms with Crippen LogP contribution in [0.2, 0.25) is 0 Å². The third-order valence-corrected chi connectivity index (χ3v) is 6.55. The third kappa shape index (κ3) is 6.31. The Hall–Kier alpha value is -3.02. The Morgan fingerprint density at radius 1 is 1.18 bits per heavy atom. The zero-order valence-electron chi connectivity index (χ0n) is 21.1. The molecular weight excluding hydrogens is 428 g/mol. The van der Waals surface area contributed by atoms with Crippen LogP contribution in [-0.4, -0.2) is 47.1 Å². The van der Waals surface area contributed by atoms with Crippen LogP contribution in [0.25, 0.3) is 0 Å². The standard InChI is InChI=1S/C28H38N2O4/c1-6-29(18-21-12-14-22(15-13-21)20(2)3)26(31)23-9-8-16-30(19-23)24-10-7-11-25(17-24)34-28(4,5)27(32)33/h7,10-15,17,20,23H,6,8-9,16,18-19H2,1-5H3,(H,32,33)/t23-/m0/s1. The molecule has 0 unspecified atom stereocenters. The molecule has 0 spiro atoms. The lowest BCUT2D eigenvalue weighted by molar-refractivity contribution is -0.152. The number of carbonyl (C=O) groups is 2. The van der Waals surface area contributed by atoms with Gasteiger partial charge < -0.3 is 19.6 Å². The lowest BCUT2D eigenvalue weighted by Crippen LogP contribution is -2.44. The fourth-order valence-electron chi connectivity index (χ4n) is 4.33. The van der Waals surface area contributed by atoms with Crippen molar-refractivity contribution in [3.63, 3.8) is 0 Å². The summed E-state index contributed by atoms with van der Waals surface area (Å²) in [6.07, 6.45) is 1.81. The smallest absolute Gasteiger partial charge is 0.347 e. The van der Waals surface area contributed by atoms with Crippen LogP contribution in [0.4, 0.5) is 5.69 Å². The van der Waals surface area contributed by atoms with Crippen LogP contribution in [0.1, 0.15) is 64.5 Å². The summed E-state index contributed by atoms with van der Waals surface area (Å²) in [5.74, 6) is 0.118. The van der Waals surface area contributed by atoms with E-state index >= 15 is 0 Å². The second-order valence-electron chi connectivity index (χ2n) is 9.95. The molecule has 6 nitrogen and oxygen atoms in total. The van der Waals surface area contributed by atoms with E-state index < -0.39 is 11.6 Å². The van der Waals surface area contributed by atoms with Crippen molar-refractivity contribution in [2.24, 2.45) is 5.92 Å². The molecule has 0 aromatic heterocycles. The second kappa shape index (κ2) is 10.9. The number of rotatable bonds is 9. The molecule has 34 heavy (non-hydrogen) atoms. The van der Waals surface area contributed by atoms with Gasteiger partial charge in [0.05, 0.1) is 5.92 Å². The highest BCUT2D eigenvalue weighted by molar-refractivity contribution is 5.80. The maximum atomic E-state index is 13.4. The molecule has 2 aromatic rings. The zero-order valence-corrected chi connectivity index (χ0v) is 21.1. The first-order valence-electron chi connectivity index (χ1n) is 12.3. The Morgan fingerprint density at radius 2 is 1.88 bits per heavy atom. The van der Waals surface area contributed by atoms with Crippen LogP contribution >= 0.6 is 0 Å². The summed E-state index contributed by atoms with van der Waals surface area (Å²) in [4.78, 5) is 29.0. The summed E-state index contributed by atoms with van der Waals surface area (Å²) >= 11 is 0.